The average molecular weight is 498 g/mol. The summed E-state index contributed by atoms with van der Waals surface area (Å²) in [6, 6.07) is 8.49. The second kappa shape index (κ2) is 16.9. The number of likely N-dealkylation sites (N-methyl/N-ethyl adjacent to an activating group) is 2. The lowest BCUT2D eigenvalue weighted by Crippen LogP contribution is -2.44. The van der Waals surface area contributed by atoms with Crippen LogP contribution in [0.3, 0.4) is 0 Å². The first-order valence-corrected chi connectivity index (χ1v) is 13.0. The molecule has 8 heteroatoms. The predicted molar refractivity (Wildman–Crippen MR) is 142 cm³/mol. The number of carbonyl (C=O) groups is 1. The van der Waals surface area contributed by atoms with Crippen LogP contribution in [-0.4, -0.2) is 127 Å². The molecule has 0 atom stereocenters. The van der Waals surface area contributed by atoms with Crippen LogP contribution in [0.1, 0.15) is 25.3 Å². The van der Waals surface area contributed by atoms with Gasteiger partial charge < -0.3 is 33.2 Å². The quantitative estimate of drug-likeness (QED) is 0.208. The van der Waals surface area contributed by atoms with Crippen LogP contribution in [0.5, 0.6) is 0 Å². The van der Waals surface area contributed by atoms with Gasteiger partial charge in [0.1, 0.15) is 13.1 Å². The highest BCUT2D eigenvalue weighted by atomic mass is 16.5. The fourth-order valence-corrected chi connectivity index (χ4v) is 3.82. The number of carboxylic acids is 1. The van der Waals surface area contributed by atoms with Crippen molar-refractivity contribution in [2.45, 2.75) is 26.7 Å². The Morgan fingerprint density at radius 2 is 1.37 bits per heavy atom. The van der Waals surface area contributed by atoms with Gasteiger partial charge in [-0.25, -0.2) is 0 Å². The number of carboxylic acid groups (broad SMARTS) is 1. The van der Waals surface area contributed by atoms with Gasteiger partial charge in [0.05, 0.1) is 87.3 Å². The molecule has 202 valence electrons. The van der Waals surface area contributed by atoms with Crippen LogP contribution in [0.2, 0.25) is 0 Å². The zero-order valence-electron chi connectivity index (χ0n) is 23.1. The molecular formula is C27H51N3O5+2. The average Bonchev–Trinajstić information content (AvgIpc) is 2.77. The van der Waals surface area contributed by atoms with Gasteiger partial charge in [-0.3, -0.25) is 4.79 Å². The molecule has 1 N–H and O–H groups in total. The van der Waals surface area contributed by atoms with Crippen molar-refractivity contribution < 1.29 is 33.1 Å². The highest BCUT2D eigenvalue weighted by Gasteiger charge is 2.17. The molecule has 0 heterocycles. The number of rotatable bonds is 21. The van der Waals surface area contributed by atoms with E-state index in [1.54, 1.807) is 0 Å². The maximum atomic E-state index is 10.8. The first kappa shape index (κ1) is 31.3. The van der Waals surface area contributed by atoms with Crippen molar-refractivity contribution in [3.05, 3.63) is 29.8 Å². The normalized spacial score (nSPS) is 12.2. The minimum absolute atomic E-state index is 0.176. The summed E-state index contributed by atoms with van der Waals surface area (Å²) >= 11 is 0. The van der Waals surface area contributed by atoms with Crippen molar-refractivity contribution in [1.29, 1.82) is 0 Å². The number of benzene rings is 1. The molecule has 0 bridgehead atoms. The fourth-order valence-electron chi connectivity index (χ4n) is 3.82. The van der Waals surface area contributed by atoms with E-state index in [1.807, 2.05) is 14.1 Å². The van der Waals surface area contributed by atoms with E-state index in [2.05, 4.69) is 57.1 Å². The Balaban J connectivity index is 2.34. The van der Waals surface area contributed by atoms with Gasteiger partial charge in [-0.05, 0) is 31.0 Å². The van der Waals surface area contributed by atoms with E-state index in [1.165, 1.54) is 24.2 Å². The molecule has 8 nitrogen and oxygen atoms in total. The van der Waals surface area contributed by atoms with E-state index in [9.17, 15) is 4.79 Å². The van der Waals surface area contributed by atoms with Gasteiger partial charge in [-0.1, -0.05) is 19.1 Å². The molecular weight excluding hydrogens is 446 g/mol. The molecule has 0 saturated heterocycles. The Labute approximate surface area is 213 Å². The Bertz CT molecular complexity index is 712. The van der Waals surface area contributed by atoms with E-state index >= 15 is 0 Å². The first-order valence-electron chi connectivity index (χ1n) is 13.0. The minimum atomic E-state index is -0.755. The Hall–Kier alpha value is -1.71. The molecule has 0 spiro atoms. The molecule has 0 aromatic heterocycles. The highest BCUT2D eigenvalue weighted by Crippen LogP contribution is 2.15. The first-order chi connectivity index (χ1) is 16.5. The molecule has 0 radical (unpaired) electrons. The molecule has 0 aliphatic heterocycles. The van der Waals surface area contributed by atoms with Crippen LogP contribution in [0.25, 0.3) is 0 Å². The summed E-state index contributed by atoms with van der Waals surface area (Å²) in [6.45, 7) is 13.3. The Kier molecular flexibility index (Phi) is 15.1. The van der Waals surface area contributed by atoms with Crippen LogP contribution in [0.4, 0.5) is 5.69 Å². The summed E-state index contributed by atoms with van der Waals surface area (Å²) in [5, 5.41) is 8.90. The van der Waals surface area contributed by atoms with Crippen LogP contribution in [0.15, 0.2) is 24.3 Å². The number of ether oxygens (including phenoxy) is 3. The van der Waals surface area contributed by atoms with Gasteiger partial charge >= 0.3 is 5.97 Å². The van der Waals surface area contributed by atoms with Gasteiger partial charge in [0, 0.05) is 18.8 Å². The van der Waals surface area contributed by atoms with Crippen molar-refractivity contribution >= 4 is 11.7 Å². The Morgan fingerprint density at radius 3 is 1.91 bits per heavy atom. The zero-order chi connectivity index (χ0) is 26.2. The third kappa shape index (κ3) is 15.8. The molecule has 0 amide bonds. The summed E-state index contributed by atoms with van der Waals surface area (Å²) in [5.74, 6) is -0.755. The summed E-state index contributed by atoms with van der Waals surface area (Å²) in [6.07, 6.45) is 1.36. The third-order valence-electron chi connectivity index (χ3n) is 6.19. The third-order valence-corrected chi connectivity index (χ3v) is 6.19. The molecule has 1 aromatic carbocycles. The number of hydrogen-bond donors (Lipinski definition) is 1. The lowest BCUT2D eigenvalue weighted by Gasteiger charge is -2.29. The fraction of sp³-hybridized carbons (Fsp3) is 0.741. The van der Waals surface area contributed by atoms with Gasteiger partial charge in [-0.15, -0.1) is 0 Å². The Morgan fingerprint density at radius 1 is 0.829 bits per heavy atom. The van der Waals surface area contributed by atoms with Crippen LogP contribution < -0.4 is 4.90 Å². The van der Waals surface area contributed by atoms with Crippen molar-refractivity contribution in [1.82, 2.24) is 0 Å². The van der Waals surface area contributed by atoms with Crippen molar-refractivity contribution in [2.24, 2.45) is 0 Å². The lowest BCUT2D eigenvalue weighted by atomic mass is 10.2. The molecule has 0 aliphatic carbocycles. The van der Waals surface area contributed by atoms with E-state index in [0.29, 0.717) is 44.1 Å². The predicted octanol–water partition coefficient (Wildman–Crippen LogP) is 2.89. The maximum absolute atomic E-state index is 10.8. The molecule has 0 unspecified atom stereocenters. The number of quaternary nitrogens is 2. The maximum Gasteiger partial charge on any atom is 0.309 e. The van der Waals surface area contributed by atoms with Crippen molar-refractivity contribution in [3.63, 3.8) is 0 Å². The lowest BCUT2D eigenvalue weighted by molar-refractivity contribution is -0.890. The number of nitrogens with zero attached hydrogens (tertiary/aromatic N) is 3. The molecule has 35 heavy (non-hydrogen) atoms. The number of anilines is 1. The standard InChI is InChI=1S/C27H50N3O5/c1-7-14-29(3,4)16-21-35-23-22-34-19-13-28(26-10-8-9-25(2)24-26)12-18-33-20-17-30(5,6)15-11-27(31)32/h8-10,24H,7,11-23H2,1-6H3/q+1/p+1. The molecule has 1 rings (SSSR count). The zero-order valence-corrected chi connectivity index (χ0v) is 23.1. The van der Waals surface area contributed by atoms with Crippen LogP contribution in [-0.2, 0) is 19.0 Å². The van der Waals surface area contributed by atoms with E-state index in [0.717, 1.165) is 37.3 Å². The van der Waals surface area contributed by atoms with Gasteiger partial charge in [-0.2, -0.15) is 0 Å². The van der Waals surface area contributed by atoms with E-state index in [4.69, 9.17) is 19.3 Å². The minimum Gasteiger partial charge on any atom is -0.481 e. The summed E-state index contributed by atoms with van der Waals surface area (Å²) in [4.78, 5) is 13.1. The second-order valence-corrected chi connectivity index (χ2v) is 10.6. The van der Waals surface area contributed by atoms with Crippen LogP contribution in [0, 0.1) is 6.92 Å². The summed E-state index contributed by atoms with van der Waals surface area (Å²) in [5.41, 5.74) is 2.39. The van der Waals surface area contributed by atoms with Crippen molar-refractivity contribution in [3.8, 4) is 0 Å². The topological polar surface area (TPSA) is 68.2 Å². The van der Waals surface area contributed by atoms with Gasteiger partial charge in [0.15, 0.2) is 0 Å². The van der Waals surface area contributed by atoms with E-state index in [-0.39, 0.29) is 6.42 Å². The summed E-state index contributed by atoms with van der Waals surface area (Å²) < 4.78 is 19.2. The second-order valence-electron chi connectivity index (χ2n) is 10.6. The monoisotopic (exact) mass is 497 g/mol. The summed E-state index contributed by atoms with van der Waals surface area (Å²) in [7, 11) is 8.56. The molecule has 1 aromatic rings. The number of aryl methyl sites for hydroxylation is 1. The van der Waals surface area contributed by atoms with Crippen LogP contribution >= 0.6 is 0 Å². The highest BCUT2D eigenvalue weighted by molar-refractivity contribution is 5.66. The van der Waals surface area contributed by atoms with Gasteiger partial charge in [0.25, 0.3) is 0 Å². The largest absolute Gasteiger partial charge is 0.481 e. The SMILES string of the molecule is CCC[N+](C)(C)CCOCCOCCN(CCOCC[N+](C)(C)CCC(=O)O)c1cccc(C)c1. The molecule has 0 fully saturated rings. The van der Waals surface area contributed by atoms with Crippen molar-refractivity contribution in [2.75, 3.05) is 112 Å². The number of hydrogen-bond acceptors (Lipinski definition) is 5. The smallest absolute Gasteiger partial charge is 0.309 e. The number of aliphatic carboxylic acids is 1. The molecule has 0 aliphatic rings. The van der Waals surface area contributed by atoms with E-state index < -0.39 is 5.97 Å². The van der Waals surface area contributed by atoms with Gasteiger partial charge in [0.2, 0.25) is 0 Å². The molecule has 0 saturated carbocycles.